The van der Waals surface area contributed by atoms with E-state index in [2.05, 4.69) is 15.5 Å². The van der Waals surface area contributed by atoms with Gasteiger partial charge in [0.05, 0.1) is 11.4 Å². The van der Waals surface area contributed by atoms with Gasteiger partial charge in [-0.25, -0.2) is 8.42 Å². The van der Waals surface area contributed by atoms with Gasteiger partial charge in [0.15, 0.2) is 14.9 Å². The molecular weight excluding hydrogens is 238 g/mol. The zero-order chi connectivity index (χ0) is 12.3. The molecule has 17 heavy (non-hydrogen) atoms. The molecule has 1 saturated heterocycles. The molecule has 0 saturated carbocycles. The smallest absolute Gasteiger partial charge is 0.198 e. The Kier molecular flexibility index (Phi) is 3.73. The molecule has 94 valence electrons. The fourth-order valence-corrected chi connectivity index (χ4v) is 3.39. The van der Waals surface area contributed by atoms with Gasteiger partial charge < -0.3 is 5.32 Å². The largest absolute Gasteiger partial charge is 0.313 e. The fraction of sp³-hybridized carbons (Fsp3) is 0.636. The zero-order valence-corrected chi connectivity index (χ0v) is 10.7. The summed E-state index contributed by atoms with van der Waals surface area (Å²) >= 11 is 0. The van der Waals surface area contributed by atoms with Crippen LogP contribution in [0.2, 0.25) is 0 Å². The second-order valence-electron chi connectivity index (χ2n) is 4.44. The minimum absolute atomic E-state index is 0.0526. The van der Waals surface area contributed by atoms with E-state index in [0.29, 0.717) is 0 Å². The highest BCUT2D eigenvalue weighted by atomic mass is 32.2. The molecule has 0 radical (unpaired) electrons. The van der Waals surface area contributed by atoms with Crippen LogP contribution in [0.3, 0.4) is 0 Å². The minimum Gasteiger partial charge on any atom is -0.313 e. The number of sulfone groups is 1. The Labute approximate surface area is 102 Å². The SMILES string of the molecule is Cc1ccc(S(=O)(=O)CC2CCCCN2)nn1. The number of rotatable bonds is 3. The number of hydrogen-bond donors (Lipinski definition) is 1. The monoisotopic (exact) mass is 255 g/mol. The topological polar surface area (TPSA) is 72.0 Å². The summed E-state index contributed by atoms with van der Waals surface area (Å²) in [4.78, 5) is 0. The average Bonchev–Trinajstić information content (AvgIpc) is 2.30. The van der Waals surface area contributed by atoms with Crippen molar-refractivity contribution in [3.05, 3.63) is 17.8 Å². The summed E-state index contributed by atoms with van der Waals surface area (Å²) in [5, 5.41) is 10.8. The van der Waals surface area contributed by atoms with Gasteiger partial charge in [0.25, 0.3) is 0 Å². The van der Waals surface area contributed by atoms with Gasteiger partial charge in [-0.3, -0.25) is 0 Å². The van der Waals surface area contributed by atoms with Gasteiger partial charge in [0, 0.05) is 6.04 Å². The molecular formula is C11H17N3O2S. The Hall–Kier alpha value is -1.01. The lowest BCUT2D eigenvalue weighted by Gasteiger charge is -2.22. The van der Waals surface area contributed by atoms with Crippen molar-refractivity contribution in [2.75, 3.05) is 12.3 Å². The van der Waals surface area contributed by atoms with E-state index >= 15 is 0 Å². The van der Waals surface area contributed by atoms with E-state index in [1.807, 2.05) is 0 Å². The van der Waals surface area contributed by atoms with Crippen LogP contribution in [0.15, 0.2) is 17.2 Å². The van der Waals surface area contributed by atoms with Crippen LogP contribution >= 0.6 is 0 Å². The molecule has 0 amide bonds. The highest BCUT2D eigenvalue weighted by Gasteiger charge is 2.23. The summed E-state index contributed by atoms with van der Waals surface area (Å²) in [7, 11) is -3.31. The molecule has 1 aromatic heterocycles. The molecule has 1 aliphatic heterocycles. The summed E-state index contributed by atoms with van der Waals surface area (Å²) in [5.74, 6) is 0.116. The summed E-state index contributed by atoms with van der Waals surface area (Å²) in [6, 6.07) is 3.26. The molecule has 0 aromatic carbocycles. The van der Waals surface area contributed by atoms with E-state index in [1.54, 1.807) is 13.0 Å². The van der Waals surface area contributed by atoms with Crippen molar-refractivity contribution in [2.24, 2.45) is 0 Å². The van der Waals surface area contributed by atoms with Crippen LogP contribution in [0, 0.1) is 6.92 Å². The second-order valence-corrected chi connectivity index (χ2v) is 6.42. The van der Waals surface area contributed by atoms with Crippen molar-refractivity contribution in [1.82, 2.24) is 15.5 Å². The number of piperidine rings is 1. The van der Waals surface area contributed by atoms with Crippen LogP contribution in [0.25, 0.3) is 0 Å². The molecule has 1 N–H and O–H groups in total. The molecule has 6 heteroatoms. The Bertz CT molecular complexity index is 464. The van der Waals surface area contributed by atoms with Crippen LogP contribution in [0.1, 0.15) is 25.0 Å². The third kappa shape index (κ3) is 3.23. The molecule has 1 aliphatic rings. The summed E-state index contributed by atoms with van der Waals surface area (Å²) in [6.07, 6.45) is 3.13. The molecule has 1 atom stereocenters. The molecule has 5 nitrogen and oxygen atoms in total. The third-order valence-corrected chi connectivity index (χ3v) is 4.62. The molecule has 2 heterocycles. The number of nitrogens with one attached hydrogen (secondary N) is 1. The number of aromatic nitrogens is 2. The van der Waals surface area contributed by atoms with Gasteiger partial charge in [-0.2, -0.15) is 5.10 Å². The molecule has 1 aromatic rings. The first-order chi connectivity index (χ1) is 8.08. The van der Waals surface area contributed by atoms with Gasteiger partial charge in [0.2, 0.25) is 0 Å². The lowest BCUT2D eigenvalue weighted by Crippen LogP contribution is -2.39. The second kappa shape index (κ2) is 5.10. The average molecular weight is 255 g/mol. The van der Waals surface area contributed by atoms with Crippen LogP contribution < -0.4 is 5.32 Å². The first-order valence-corrected chi connectivity index (χ1v) is 7.50. The van der Waals surface area contributed by atoms with Crippen molar-refractivity contribution in [2.45, 2.75) is 37.3 Å². The lowest BCUT2D eigenvalue weighted by molar-refractivity contribution is 0.423. The van der Waals surface area contributed by atoms with Crippen LogP contribution in [-0.2, 0) is 9.84 Å². The van der Waals surface area contributed by atoms with Crippen LogP contribution in [0.4, 0.5) is 0 Å². The summed E-state index contributed by atoms with van der Waals surface area (Å²) < 4.78 is 24.1. The molecule has 2 rings (SSSR count). The number of aryl methyl sites for hydroxylation is 1. The fourth-order valence-electron chi connectivity index (χ4n) is 1.97. The van der Waals surface area contributed by atoms with Gasteiger partial charge >= 0.3 is 0 Å². The zero-order valence-electron chi connectivity index (χ0n) is 9.89. The summed E-state index contributed by atoms with van der Waals surface area (Å²) in [6.45, 7) is 2.69. The Morgan fingerprint density at radius 1 is 1.35 bits per heavy atom. The van der Waals surface area contributed by atoms with Gasteiger partial charge in [0.1, 0.15) is 0 Å². The van der Waals surface area contributed by atoms with Crippen LogP contribution in [0.5, 0.6) is 0 Å². The van der Waals surface area contributed by atoms with Crippen molar-refractivity contribution in [3.63, 3.8) is 0 Å². The van der Waals surface area contributed by atoms with E-state index in [9.17, 15) is 8.42 Å². The third-order valence-electron chi connectivity index (χ3n) is 2.93. The normalized spacial score (nSPS) is 21.4. The molecule has 0 spiro atoms. The van der Waals surface area contributed by atoms with Gasteiger partial charge in [-0.1, -0.05) is 6.42 Å². The molecule has 1 unspecified atom stereocenters. The maximum Gasteiger partial charge on any atom is 0.198 e. The van der Waals surface area contributed by atoms with E-state index in [4.69, 9.17) is 0 Å². The predicted octanol–water partition coefficient (Wildman–Crippen LogP) is 0.701. The van der Waals surface area contributed by atoms with E-state index < -0.39 is 9.84 Å². The van der Waals surface area contributed by atoms with Crippen LogP contribution in [-0.4, -0.2) is 37.0 Å². The van der Waals surface area contributed by atoms with E-state index in [-0.39, 0.29) is 16.8 Å². The van der Waals surface area contributed by atoms with Gasteiger partial charge in [-0.05, 0) is 38.4 Å². The molecule has 0 aliphatic carbocycles. The quantitative estimate of drug-likeness (QED) is 0.861. The predicted molar refractivity (Wildman–Crippen MR) is 64.5 cm³/mol. The first kappa shape index (κ1) is 12.4. The highest BCUT2D eigenvalue weighted by Crippen LogP contribution is 2.13. The Morgan fingerprint density at radius 3 is 2.76 bits per heavy atom. The number of hydrogen-bond acceptors (Lipinski definition) is 5. The Morgan fingerprint density at radius 2 is 2.18 bits per heavy atom. The van der Waals surface area contributed by atoms with Crippen molar-refractivity contribution in [1.29, 1.82) is 0 Å². The van der Waals surface area contributed by atoms with Crippen molar-refractivity contribution in [3.8, 4) is 0 Å². The van der Waals surface area contributed by atoms with E-state index in [1.165, 1.54) is 6.07 Å². The maximum atomic E-state index is 12.1. The van der Waals surface area contributed by atoms with Gasteiger partial charge in [-0.15, -0.1) is 5.10 Å². The standard InChI is InChI=1S/C11H17N3O2S/c1-9-5-6-11(14-13-9)17(15,16)8-10-4-2-3-7-12-10/h5-6,10,12H,2-4,7-8H2,1H3. The first-order valence-electron chi connectivity index (χ1n) is 5.84. The highest BCUT2D eigenvalue weighted by molar-refractivity contribution is 7.91. The number of nitrogens with zero attached hydrogens (tertiary/aromatic N) is 2. The minimum atomic E-state index is -3.31. The summed E-state index contributed by atoms with van der Waals surface area (Å²) in [5.41, 5.74) is 0.722. The van der Waals surface area contributed by atoms with Crippen molar-refractivity contribution < 1.29 is 8.42 Å². The Balaban J connectivity index is 2.10. The van der Waals surface area contributed by atoms with E-state index in [0.717, 1.165) is 31.5 Å². The van der Waals surface area contributed by atoms with Crippen molar-refractivity contribution >= 4 is 9.84 Å². The maximum absolute atomic E-state index is 12.1. The molecule has 0 bridgehead atoms. The lowest BCUT2D eigenvalue weighted by atomic mass is 10.1. The molecule has 1 fully saturated rings.